The molecule has 0 radical (unpaired) electrons. The van der Waals surface area contributed by atoms with Crippen LogP contribution in [-0.2, 0) is 9.68 Å². The van der Waals surface area contributed by atoms with Gasteiger partial charge >= 0.3 is 0 Å². The molecule has 6 nitrogen and oxygen atoms in total. The smallest absolute Gasteiger partial charge is 0.185 e. The molecule has 0 unspecified atom stereocenters. The largest absolute Gasteiger partial charge is 0.493 e. The van der Waals surface area contributed by atoms with Crippen molar-refractivity contribution < 1.29 is 23.9 Å². The van der Waals surface area contributed by atoms with E-state index in [0.29, 0.717) is 17.1 Å². The second kappa shape index (κ2) is 8.86. The van der Waals surface area contributed by atoms with Crippen molar-refractivity contribution in [1.29, 1.82) is 0 Å². The molecule has 0 aromatic heterocycles. The van der Waals surface area contributed by atoms with Crippen molar-refractivity contribution in [1.82, 2.24) is 0 Å². The number of hydrogen-bond donors (Lipinski definition) is 0. The zero-order valence-corrected chi connectivity index (χ0v) is 14.7. The maximum atomic E-state index is 12.3. The first-order valence-corrected chi connectivity index (χ1v) is 7.55. The van der Waals surface area contributed by atoms with Crippen molar-refractivity contribution >= 4 is 17.5 Å². The van der Waals surface area contributed by atoms with E-state index in [9.17, 15) is 4.79 Å². The molecule has 0 aliphatic rings. The summed E-state index contributed by atoms with van der Waals surface area (Å²) >= 11 is 0. The summed E-state index contributed by atoms with van der Waals surface area (Å²) in [5, 5.41) is 1.28. The third-order valence-electron chi connectivity index (χ3n) is 3.53. The van der Waals surface area contributed by atoms with Gasteiger partial charge in [-0.2, -0.15) is 0 Å². The highest BCUT2D eigenvalue weighted by molar-refractivity contribution is 6.07. The van der Waals surface area contributed by atoms with Crippen LogP contribution in [0, 0.1) is 0 Å². The number of ether oxygens (including phenoxy) is 2. The molecule has 132 valence electrons. The number of methoxy groups -OCH3 is 2. The summed E-state index contributed by atoms with van der Waals surface area (Å²) in [5.41, 5.74) is 2.15. The van der Waals surface area contributed by atoms with Gasteiger partial charge in [0.25, 0.3) is 0 Å². The van der Waals surface area contributed by atoms with Crippen molar-refractivity contribution in [3.8, 4) is 11.5 Å². The summed E-state index contributed by atoms with van der Waals surface area (Å²) in [7, 11) is 6.11. The van der Waals surface area contributed by atoms with Gasteiger partial charge in [0.2, 0.25) is 0 Å². The van der Waals surface area contributed by atoms with Crippen LogP contribution in [0.25, 0.3) is 6.08 Å². The van der Waals surface area contributed by atoms with Crippen LogP contribution in [0.2, 0.25) is 0 Å². The molecule has 6 heteroatoms. The first-order chi connectivity index (χ1) is 12.1. The Bertz CT molecular complexity index is 736. The monoisotopic (exact) mass is 343 g/mol. The van der Waals surface area contributed by atoms with E-state index in [1.165, 1.54) is 32.6 Å². The zero-order valence-electron chi connectivity index (χ0n) is 14.7. The highest BCUT2D eigenvalue weighted by Crippen LogP contribution is 2.27. The van der Waals surface area contributed by atoms with Crippen LogP contribution in [0.4, 0.5) is 5.69 Å². The third kappa shape index (κ3) is 4.59. The first-order valence-electron chi connectivity index (χ1n) is 7.55. The standard InChI is InChI=1S/C19H21NO5/c1-22-18-12-8-15(13-19(18)23-2)17(21)11-7-14-5-9-16(10-6-14)20(24-3)25-4/h5-13H,1-4H3/b11-7+. The summed E-state index contributed by atoms with van der Waals surface area (Å²) in [6, 6.07) is 12.4. The lowest BCUT2D eigenvalue weighted by atomic mass is 10.1. The predicted molar refractivity (Wildman–Crippen MR) is 95.8 cm³/mol. The van der Waals surface area contributed by atoms with Gasteiger partial charge in [-0.1, -0.05) is 18.2 Å². The van der Waals surface area contributed by atoms with E-state index < -0.39 is 0 Å². The quantitative estimate of drug-likeness (QED) is 0.415. The number of benzene rings is 2. The summed E-state index contributed by atoms with van der Waals surface area (Å²) in [5.74, 6) is 0.977. The van der Waals surface area contributed by atoms with Crippen molar-refractivity contribution in [2.24, 2.45) is 0 Å². The number of ketones is 1. The normalized spacial score (nSPS) is 10.7. The average Bonchev–Trinajstić information content (AvgIpc) is 2.67. The molecule has 25 heavy (non-hydrogen) atoms. The Morgan fingerprint density at radius 1 is 0.880 bits per heavy atom. The molecule has 0 aliphatic carbocycles. The second-order valence-electron chi connectivity index (χ2n) is 4.98. The number of nitrogens with zero attached hydrogens (tertiary/aromatic N) is 1. The zero-order chi connectivity index (χ0) is 18.2. The van der Waals surface area contributed by atoms with Crippen LogP contribution in [0.3, 0.4) is 0 Å². The van der Waals surface area contributed by atoms with E-state index in [1.54, 1.807) is 31.4 Å². The van der Waals surface area contributed by atoms with Gasteiger partial charge in [-0.05, 0) is 42.0 Å². The Labute approximate surface area is 147 Å². The molecular formula is C19H21NO5. The van der Waals surface area contributed by atoms with E-state index in [-0.39, 0.29) is 5.78 Å². The maximum absolute atomic E-state index is 12.3. The fourth-order valence-corrected chi connectivity index (χ4v) is 2.25. The molecule has 2 rings (SSSR count). The number of allylic oxidation sites excluding steroid dienone is 1. The average molecular weight is 343 g/mol. The lowest BCUT2D eigenvalue weighted by molar-refractivity contribution is -0.0433. The molecule has 0 saturated carbocycles. The van der Waals surface area contributed by atoms with Gasteiger partial charge < -0.3 is 9.47 Å². The minimum Gasteiger partial charge on any atom is -0.493 e. The fraction of sp³-hybridized carbons (Fsp3) is 0.211. The van der Waals surface area contributed by atoms with Crippen molar-refractivity contribution in [3.05, 3.63) is 59.7 Å². The lowest BCUT2D eigenvalue weighted by Gasteiger charge is -2.17. The molecule has 2 aromatic rings. The number of hydrogen-bond acceptors (Lipinski definition) is 6. The Morgan fingerprint density at radius 2 is 1.52 bits per heavy atom. The van der Waals surface area contributed by atoms with Crippen LogP contribution in [-0.4, -0.2) is 34.2 Å². The van der Waals surface area contributed by atoms with E-state index in [4.69, 9.17) is 19.1 Å². The molecule has 0 saturated heterocycles. The van der Waals surface area contributed by atoms with Crippen LogP contribution >= 0.6 is 0 Å². The van der Waals surface area contributed by atoms with Crippen LogP contribution in [0.5, 0.6) is 11.5 Å². The van der Waals surface area contributed by atoms with Crippen molar-refractivity contribution in [2.75, 3.05) is 33.7 Å². The van der Waals surface area contributed by atoms with Gasteiger partial charge in [0.1, 0.15) is 0 Å². The molecule has 0 aliphatic heterocycles. The summed E-state index contributed by atoms with van der Waals surface area (Å²) in [4.78, 5) is 22.4. The van der Waals surface area contributed by atoms with Gasteiger partial charge in [-0.15, -0.1) is 5.23 Å². The minimum absolute atomic E-state index is 0.125. The van der Waals surface area contributed by atoms with E-state index >= 15 is 0 Å². The predicted octanol–water partition coefficient (Wildman–Crippen LogP) is 3.53. The number of carbonyl (C=O) groups excluding carboxylic acids is 1. The Morgan fingerprint density at radius 3 is 2.08 bits per heavy atom. The van der Waals surface area contributed by atoms with E-state index in [0.717, 1.165) is 11.3 Å². The highest BCUT2D eigenvalue weighted by atomic mass is 16.9. The van der Waals surface area contributed by atoms with Crippen LogP contribution < -0.4 is 14.7 Å². The number of rotatable bonds is 8. The molecule has 0 fully saturated rings. The van der Waals surface area contributed by atoms with Gasteiger partial charge in [-0.25, -0.2) is 0 Å². The number of carbonyl (C=O) groups is 1. The molecular weight excluding hydrogens is 322 g/mol. The van der Waals surface area contributed by atoms with Gasteiger partial charge in [0.05, 0.1) is 34.1 Å². The minimum atomic E-state index is -0.125. The van der Waals surface area contributed by atoms with E-state index in [1.807, 2.05) is 24.3 Å². The van der Waals surface area contributed by atoms with Crippen molar-refractivity contribution in [3.63, 3.8) is 0 Å². The first kappa shape index (κ1) is 18.5. The molecule has 0 atom stereocenters. The molecule has 2 aromatic carbocycles. The molecule has 0 heterocycles. The molecule has 0 spiro atoms. The fourth-order valence-electron chi connectivity index (χ4n) is 2.25. The molecule has 0 amide bonds. The Hall–Kier alpha value is -2.83. The SMILES string of the molecule is COc1ccc(C(=O)/C=C/c2ccc(N(OC)OC)cc2)cc1OC. The van der Waals surface area contributed by atoms with Gasteiger partial charge in [-0.3, -0.25) is 14.5 Å². The second-order valence-corrected chi connectivity index (χ2v) is 4.98. The summed E-state index contributed by atoms with van der Waals surface area (Å²) in [6.45, 7) is 0. The lowest BCUT2D eigenvalue weighted by Crippen LogP contribution is -2.19. The topological polar surface area (TPSA) is 57.2 Å². The van der Waals surface area contributed by atoms with Crippen LogP contribution in [0.1, 0.15) is 15.9 Å². The summed E-state index contributed by atoms with van der Waals surface area (Å²) < 4.78 is 10.4. The number of anilines is 1. The van der Waals surface area contributed by atoms with Gasteiger partial charge in [0.15, 0.2) is 17.3 Å². The van der Waals surface area contributed by atoms with Gasteiger partial charge in [0, 0.05) is 5.56 Å². The van der Waals surface area contributed by atoms with E-state index in [2.05, 4.69) is 0 Å². The Balaban J connectivity index is 2.12. The van der Waals surface area contributed by atoms with Crippen molar-refractivity contribution in [2.45, 2.75) is 0 Å². The highest BCUT2D eigenvalue weighted by Gasteiger charge is 2.08. The third-order valence-corrected chi connectivity index (χ3v) is 3.53. The van der Waals surface area contributed by atoms with Crippen LogP contribution in [0.15, 0.2) is 48.5 Å². The summed E-state index contributed by atoms with van der Waals surface area (Å²) in [6.07, 6.45) is 3.26. The Kier molecular flexibility index (Phi) is 6.56. The maximum Gasteiger partial charge on any atom is 0.185 e. The molecule has 0 N–H and O–H groups in total. The molecule has 0 bridgehead atoms.